The number of nitrogens with two attached hydrogens (primary N) is 1. The highest BCUT2D eigenvalue weighted by Gasteiger charge is 2.47. The van der Waals surface area contributed by atoms with Gasteiger partial charge in [0.2, 0.25) is 5.91 Å². The number of amides is 1. The molecule has 2 aliphatic rings. The Hall–Kier alpha value is -2.60. The second-order valence-corrected chi connectivity index (χ2v) is 7.37. The summed E-state index contributed by atoms with van der Waals surface area (Å²) >= 11 is 0. The Bertz CT molecular complexity index is 787. The lowest BCUT2D eigenvalue weighted by molar-refractivity contribution is -0.132. The van der Waals surface area contributed by atoms with Gasteiger partial charge in [-0.25, -0.2) is 8.78 Å². The van der Waals surface area contributed by atoms with E-state index < -0.39 is 30.8 Å². The fraction of sp³-hybridized carbons (Fsp3) is 0.579. The number of rotatable bonds is 5. The quantitative estimate of drug-likeness (QED) is 0.767. The summed E-state index contributed by atoms with van der Waals surface area (Å²) in [5.41, 5.74) is 7.09. The highest BCUT2D eigenvalue weighted by atomic mass is 19.3. The smallest absolute Gasteiger partial charge is 0.268 e. The molecule has 0 saturated carbocycles. The topological polar surface area (TPSA) is 103 Å². The predicted octanol–water partition coefficient (Wildman–Crippen LogP) is 1.73. The van der Waals surface area contributed by atoms with Crippen molar-refractivity contribution in [1.29, 1.82) is 5.26 Å². The molecular weight excluding hydrogens is 368 g/mol. The summed E-state index contributed by atoms with van der Waals surface area (Å²) in [5.74, 6) is -3.91. The van der Waals surface area contributed by atoms with Gasteiger partial charge in [0.05, 0.1) is 24.5 Å². The van der Waals surface area contributed by atoms with Crippen LogP contribution in [0.15, 0.2) is 18.5 Å². The van der Waals surface area contributed by atoms with E-state index in [4.69, 9.17) is 11.0 Å². The molecule has 9 heteroatoms. The number of hydrogen-bond donors (Lipinski definition) is 1. The minimum Gasteiger partial charge on any atom is -0.370 e. The molecule has 28 heavy (non-hydrogen) atoms. The van der Waals surface area contributed by atoms with Crippen molar-refractivity contribution in [3.63, 3.8) is 0 Å². The maximum absolute atomic E-state index is 13.5. The molecule has 0 unspecified atom stereocenters. The number of halogens is 2. The first-order valence-electron chi connectivity index (χ1n) is 9.35. The molecule has 2 N–H and O–H groups in total. The van der Waals surface area contributed by atoms with E-state index in [1.54, 1.807) is 18.3 Å². The first kappa shape index (κ1) is 20.1. The molecular formula is C19H23F2N5O2. The van der Waals surface area contributed by atoms with Crippen LogP contribution < -0.4 is 10.6 Å². The number of anilines is 1. The van der Waals surface area contributed by atoms with E-state index in [1.165, 1.54) is 6.20 Å². The van der Waals surface area contributed by atoms with Crippen LogP contribution in [0.5, 0.6) is 0 Å². The molecule has 3 heterocycles. The number of piperidine rings is 1. The van der Waals surface area contributed by atoms with Crippen LogP contribution in [0.4, 0.5) is 14.5 Å². The summed E-state index contributed by atoms with van der Waals surface area (Å²) in [6.45, 7) is 0.671. The summed E-state index contributed by atoms with van der Waals surface area (Å²) in [7, 11) is 0. The van der Waals surface area contributed by atoms with Crippen LogP contribution in [-0.4, -0.2) is 59.2 Å². The maximum atomic E-state index is 13.5. The number of pyridine rings is 1. The minimum atomic E-state index is -3.06. The van der Waals surface area contributed by atoms with Gasteiger partial charge in [-0.1, -0.05) is 0 Å². The van der Waals surface area contributed by atoms with Crippen LogP contribution in [0, 0.1) is 11.3 Å². The summed E-state index contributed by atoms with van der Waals surface area (Å²) < 4.78 is 27.0. The minimum absolute atomic E-state index is 0.108. The third-order valence-electron chi connectivity index (χ3n) is 5.29. The lowest BCUT2D eigenvalue weighted by Gasteiger charge is -2.32. The number of Topliss-reactive ketones (excluding diaryl/α,β-unsaturated/α-hetero) is 1. The number of hydrogen-bond acceptors (Lipinski definition) is 6. The normalized spacial score (nSPS) is 22.1. The van der Waals surface area contributed by atoms with E-state index in [-0.39, 0.29) is 24.7 Å². The Morgan fingerprint density at radius 3 is 2.71 bits per heavy atom. The molecule has 7 nitrogen and oxygen atoms in total. The van der Waals surface area contributed by atoms with Gasteiger partial charge in [-0.15, -0.1) is 0 Å². The summed E-state index contributed by atoms with van der Waals surface area (Å²) in [6.07, 6.45) is 3.80. The highest BCUT2D eigenvalue weighted by Crippen LogP contribution is 2.32. The van der Waals surface area contributed by atoms with Gasteiger partial charge in [0, 0.05) is 50.2 Å². The van der Waals surface area contributed by atoms with Crippen molar-refractivity contribution in [1.82, 2.24) is 9.88 Å². The second-order valence-electron chi connectivity index (χ2n) is 7.37. The molecule has 150 valence electrons. The van der Waals surface area contributed by atoms with Crippen LogP contribution in [0.2, 0.25) is 0 Å². The summed E-state index contributed by atoms with van der Waals surface area (Å²) in [6, 6.07) is 2.35. The Kier molecular flexibility index (Phi) is 5.89. The van der Waals surface area contributed by atoms with Crippen LogP contribution in [0.25, 0.3) is 0 Å². The van der Waals surface area contributed by atoms with Crippen LogP contribution in [0.3, 0.4) is 0 Å². The molecule has 1 aromatic rings. The van der Waals surface area contributed by atoms with Crippen molar-refractivity contribution in [3.05, 3.63) is 24.0 Å². The number of nitrogens with zero attached hydrogens (tertiary/aromatic N) is 4. The van der Waals surface area contributed by atoms with Crippen LogP contribution in [0.1, 0.15) is 42.5 Å². The Morgan fingerprint density at radius 2 is 2.04 bits per heavy atom. The third-order valence-corrected chi connectivity index (χ3v) is 5.29. The molecule has 2 fully saturated rings. The first-order valence-corrected chi connectivity index (χ1v) is 9.35. The molecule has 1 aromatic heterocycles. The highest BCUT2D eigenvalue weighted by molar-refractivity contribution is 6.02. The van der Waals surface area contributed by atoms with E-state index in [1.807, 2.05) is 0 Å². The van der Waals surface area contributed by atoms with Crippen molar-refractivity contribution in [2.75, 3.05) is 24.5 Å². The number of carbonyl (C=O) groups excluding carboxylic acids is 2. The molecule has 3 rings (SSSR count). The van der Waals surface area contributed by atoms with Crippen molar-refractivity contribution in [2.24, 2.45) is 5.73 Å². The molecule has 0 spiro atoms. The van der Waals surface area contributed by atoms with E-state index in [0.29, 0.717) is 11.3 Å². The van der Waals surface area contributed by atoms with E-state index >= 15 is 0 Å². The van der Waals surface area contributed by atoms with Gasteiger partial charge in [0.15, 0.2) is 5.78 Å². The van der Waals surface area contributed by atoms with Gasteiger partial charge >= 0.3 is 0 Å². The number of carbonyl (C=O) groups is 2. The fourth-order valence-electron chi connectivity index (χ4n) is 3.71. The van der Waals surface area contributed by atoms with Crippen molar-refractivity contribution in [2.45, 2.75) is 50.1 Å². The average Bonchev–Trinajstić information content (AvgIpc) is 3.01. The molecule has 1 amide bonds. The zero-order chi connectivity index (χ0) is 20.3. The van der Waals surface area contributed by atoms with Crippen molar-refractivity contribution < 1.29 is 18.4 Å². The standard InChI is InChI=1S/C19H23F2N5O2/c20-19(21)9-14(10-22)26(12-19)18(28)2-1-17(27)15-3-6-24-11-16(15)25-7-4-13(23)5-8-25/h3,6,11,13-14H,1-2,4-5,7-9,12,23H2/t14-/m0/s1. The summed E-state index contributed by atoms with van der Waals surface area (Å²) in [4.78, 5) is 32.1. The Labute approximate surface area is 162 Å². The lowest BCUT2D eigenvalue weighted by atomic mass is 10.0. The number of aromatic nitrogens is 1. The first-order chi connectivity index (χ1) is 13.3. The van der Waals surface area contributed by atoms with Gasteiger partial charge in [-0.3, -0.25) is 14.6 Å². The molecule has 2 saturated heterocycles. The zero-order valence-corrected chi connectivity index (χ0v) is 15.5. The molecule has 1 atom stereocenters. The van der Waals surface area contributed by atoms with Gasteiger partial charge in [-0.2, -0.15) is 5.26 Å². The molecule has 0 aromatic carbocycles. The number of alkyl halides is 2. The second kappa shape index (κ2) is 8.19. The monoisotopic (exact) mass is 391 g/mol. The molecule has 0 aliphatic carbocycles. The van der Waals surface area contributed by atoms with Crippen molar-refractivity contribution >= 4 is 17.4 Å². The Balaban J connectivity index is 1.64. The SMILES string of the molecule is N#C[C@@H]1CC(F)(F)CN1C(=O)CCC(=O)c1ccncc1N1CCC(N)CC1. The zero-order valence-electron chi connectivity index (χ0n) is 15.5. The largest absolute Gasteiger partial charge is 0.370 e. The number of ketones is 1. The van der Waals surface area contributed by atoms with E-state index in [0.717, 1.165) is 30.8 Å². The third kappa shape index (κ3) is 4.44. The van der Waals surface area contributed by atoms with E-state index in [2.05, 4.69) is 9.88 Å². The van der Waals surface area contributed by atoms with E-state index in [9.17, 15) is 18.4 Å². The number of nitriles is 1. The van der Waals surface area contributed by atoms with Crippen molar-refractivity contribution in [3.8, 4) is 6.07 Å². The van der Waals surface area contributed by atoms with Gasteiger partial charge in [0.25, 0.3) is 5.92 Å². The predicted molar refractivity (Wildman–Crippen MR) is 97.9 cm³/mol. The van der Waals surface area contributed by atoms with Crippen LogP contribution in [-0.2, 0) is 4.79 Å². The molecule has 2 aliphatic heterocycles. The van der Waals surface area contributed by atoms with Gasteiger partial charge in [-0.05, 0) is 18.9 Å². The molecule has 0 radical (unpaired) electrons. The lowest BCUT2D eigenvalue weighted by Crippen LogP contribution is -2.40. The number of likely N-dealkylation sites (tertiary alicyclic amines) is 1. The maximum Gasteiger partial charge on any atom is 0.268 e. The Morgan fingerprint density at radius 1 is 1.32 bits per heavy atom. The van der Waals surface area contributed by atoms with Gasteiger partial charge in [0.1, 0.15) is 6.04 Å². The fourth-order valence-corrected chi connectivity index (χ4v) is 3.71. The van der Waals surface area contributed by atoms with Crippen LogP contribution >= 0.6 is 0 Å². The summed E-state index contributed by atoms with van der Waals surface area (Å²) in [5, 5.41) is 9.01. The average molecular weight is 391 g/mol. The van der Waals surface area contributed by atoms with Gasteiger partial charge < -0.3 is 15.5 Å². The molecule has 0 bridgehead atoms.